The fourth-order valence-corrected chi connectivity index (χ4v) is 1.48. The Morgan fingerprint density at radius 3 is 2.94 bits per heavy atom. The summed E-state index contributed by atoms with van der Waals surface area (Å²) in [6.07, 6.45) is 2.62. The van der Waals surface area contributed by atoms with Crippen LogP contribution in [0.3, 0.4) is 0 Å². The Kier molecular flexibility index (Phi) is 3.05. The molecule has 1 aromatic heterocycles. The van der Waals surface area contributed by atoms with Crippen molar-refractivity contribution >= 4 is 10.9 Å². The first-order valence-corrected chi connectivity index (χ1v) is 5.16. The lowest BCUT2D eigenvalue weighted by Gasteiger charge is -2.05. The summed E-state index contributed by atoms with van der Waals surface area (Å²) >= 11 is 0. The number of benzene rings is 1. The lowest BCUT2D eigenvalue weighted by molar-refractivity contribution is 0.325. The fourth-order valence-electron chi connectivity index (χ4n) is 1.48. The summed E-state index contributed by atoms with van der Waals surface area (Å²) in [4.78, 5) is 13.9. The molecule has 0 bridgehead atoms. The number of nitrogens with one attached hydrogen (secondary N) is 1. The van der Waals surface area contributed by atoms with Gasteiger partial charge in [0.1, 0.15) is 5.75 Å². The SMILES string of the molecule is C=CCCOc1ccc2ccc(=O)[nH]c2c1. The predicted octanol–water partition coefficient (Wildman–Crippen LogP) is 2.48. The summed E-state index contributed by atoms with van der Waals surface area (Å²) in [5.41, 5.74) is 0.694. The van der Waals surface area contributed by atoms with Crippen LogP contribution in [0.2, 0.25) is 0 Å². The molecule has 0 spiro atoms. The van der Waals surface area contributed by atoms with E-state index in [1.54, 1.807) is 6.07 Å². The molecule has 0 saturated carbocycles. The molecule has 2 rings (SSSR count). The van der Waals surface area contributed by atoms with Gasteiger partial charge in [-0.3, -0.25) is 4.79 Å². The Hall–Kier alpha value is -2.03. The Labute approximate surface area is 93.4 Å². The molecule has 0 unspecified atom stereocenters. The second-order valence-electron chi connectivity index (χ2n) is 3.50. The Balaban J connectivity index is 2.28. The lowest BCUT2D eigenvalue weighted by Crippen LogP contribution is -2.02. The number of pyridine rings is 1. The number of hydrogen-bond donors (Lipinski definition) is 1. The van der Waals surface area contributed by atoms with Gasteiger partial charge in [-0.15, -0.1) is 6.58 Å². The quantitative estimate of drug-likeness (QED) is 0.629. The third kappa shape index (κ3) is 2.31. The Morgan fingerprint density at radius 1 is 1.31 bits per heavy atom. The Morgan fingerprint density at radius 2 is 2.12 bits per heavy atom. The van der Waals surface area contributed by atoms with Crippen LogP contribution in [-0.2, 0) is 0 Å². The third-order valence-electron chi connectivity index (χ3n) is 2.29. The number of ether oxygens (including phenoxy) is 1. The minimum absolute atomic E-state index is 0.101. The first kappa shape index (κ1) is 10.5. The van der Waals surface area contributed by atoms with E-state index in [-0.39, 0.29) is 5.56 Å². The molecule has 0 aliphatic rings. The predicted molar refractivity (Wildman–Crippen MR) is 64.9 cm³/mol. The van der Waals surface area contributed by atoms with Gasteiger partial charge in [-0.05, 0) is 30.0 Å². The van der Waals surface area contributed by atoms with Gasteiger partial charge in [0, 0.05) is 12.1 Å². The molecule has 3 heteroatoms. The first-order valence-electron chi connectivity index (χ1n) is 5.16. The van der Waals surface area contributed by atoms with Gasteiger partial charge in [-0.25, -0.2) is 0 Å². The summed E-state index contributed by atoms with van der Waals surface area (Å²) < 4.78 is 5.50. The topological polar surface area (TPSA) is 42.1 Å². The van der Waals surface area contributed by atoms with Gasteiger partial charge in [0.2, 0.25) is 5.56 Å². The number of H-pyrrole nitrogens is 1. The molecule has 0 aliphatic heterocycles. The molecule has 1 N–H and O–H groups in total. The zero-order valence-electron chi connectivity index (χ0n) is 8.90. The lowest BCUT2D eigenvalue weighted by atomic mass is 10.2. The van der Waals surface area contributed by atoms with Gasteiger partial charge < -0.3 is 9.72 Å². The molecule has 0 amide bonds. The fraction of sp³-hybridized carbons (Fsp3) is 0.154. The van der Waals surface area contributed by atoms with E-state index in [0.29, 0.717) is 6.61 Å². The average molecular weight is 215 g/mol. The maximum Gasteiger partial charge on any atom is 0.248 e. The third-order valence-corrected chi connectivity index (χ3v) is 2.29. The van der Waals surface area contributed by atoms with Crippen LogP contribution in [0.5, 0.6) is 5.75 Å². The molecule has 82 valence electrons. The maximum absolute atomic E-state index is 11.1. The summed E-state index contributed by atoms with van der Waals surface area (Å²) in [6, 6.07) is 8.96. The standard InChI is InChI=1S/C13H13NO2/c1-2-3-8-16-11-6-4-10-5-7-13(15)14-12(10)9-11/h2,4-7,9H,1,3,8H2,(H,14,15). The molecule has 3 nitrogen and oxygen atoms in total. The van der Waals surface area contributed by atoms with Crippen molar-refractivity contribution in [1.29, 1.82) is 0 Å². The van der Waals surface area contributed by atoms with E-state index in [9.17, 15) is 4.79 Å². The van der Waals surface area contributed by atoms with Crippen molar-refractivity contribution in [3.63, 3.8) is 0 Å². The normalized spacial score (nSPS) is 10.2. The van der Waals surface area contributed by atoms with Crippen LogP contribution in [0.15, 0.2) is 47.8 Å². The zero-order chi connectivity index (χ0) is 11.4. The number of fused-ring (bicyclic) bond motifs is 1. The van der Waals surface area contributed by atoms with E-state index in [4.69, 9.17) is 4.74 Å². The molecule has 16 heavy (non-hydrogen) atoms. The van der Waals surface area contributed by atoms with Crippen molar-refractivity contribution in [3.8, 4) is 5.75 Å². The number of rotatable bonds is 4. The first-order chi connectivity index (χ1) is 7.79. The summed E-state index contributed by atoms with van der Waals surface area (Å²) in [6.45, 7) is 4.23. The summed E-state index contributed by atoms with van der Waals surface area (Å²) in [5, 5.41) is 0.996. The number of aromatic nitrogens is 1. The molecule has 0 saturated heterocycles. The minimum Gasteiger partial charge on any atom is -0.493 e. The molecule has 1 heterocycles. The largest absolute Gasteiger partial charge is 0.493 e. The van der Waals surface area contributed by atoms with Crippen molar-refractivity contribution in [3.05, 3.63) is 53.3 Å². The van der Waals surface area contributed by atoms with Gasteiger partial charge in [0.05, 0.1) is 12.1 Å². The van der Waals surface area contributed by atoms with Crippen LogP contribution in [0, 0.1) is 0 Å². The van der Waals surface area contributed by atoms with Crippen LogP contribution in [0.25, 0.3) is 10.9 Å². The van der Waals surface area contributed by atoms with Gasteiger partial charge in [0.25, 0.3) is 0 Å². The van der Waals surface area contributed by atoms with Crippen LogP contribution in [0.4, 0.5) is 0 Å². The van der Waals surface area contributed by atoms with Gasteiger partial charge in [-0.1, -0.05) is 6.08 Å². The summed E-state index contributed by atoms with van der Waals surface area (Å²) in [7, 11) is 0. The van der Waals surface area contributed by atoms with Crippen LogP contribution >= 0.6 is 0 Å². The average Bonchev–Trinajstić information content (AvgIpc) is 2.29. The van der Waals surface area contributed by atoms with Crippen molar-refractivity contribution in [1.82, 2.24) is 4.98 Å². The molecule has 1 aromatic carbocycles. The monoisotopic (exact) mass is 215 g/mol. The van der Waals surface area contributed by atoms with Crippen LogP contribution < -0.4 is 10.3 Å². The summed E-state index contributed by atoms with van der Waals surface area (Å²) in [5.74, 6) is 0.760. The van der Waals surface area contributed by atoms with Crippen molar-refractivity contribution in [2.45, 2.75) is 6.42 Å². The van der Waals surface area contributed by atoms with Crippen LogP contribution in [0.1, 0.15) is 6.42 Å². The highest BCUT2D eigenvalue weighted by atomic mass is 16.5. The molecular formula is C13H13NO2. The Bertz CT molecular complexity index is 557. The van der Waals surface area contributed by atoms with Crippen molar-refractivity contribution < 1.29 is 4.74 Å². The second-order valence-corrected chi connectivity index (χ2v) is 3.50. The van der Waals surface area contributed by atoms with E-state index in [0.717, 1.165) is 23.1 Å². The number of hydrogen-bond acceptors (Lipinski definition) is 2. The molecule has 2 aromatic rings. The highest BCUT2D eigenvalue weighted by Gasteiger charge is 1.97. The van der Waals surface area contributed by atoms with Gasteiger partial charge in [0.15, 0.2) is 0 Å². The van der Waals surface area contributed by atoms with Gasteiger partial charge >= 0.3 is 0 Å². The maximum atomic E-state index is 11.1. The molecule has 0 fully saturated rings. The molecule has 0 radical (unpaired) electrons. The molecule has 0 aliphatic carbocycles. The van der Waals surface area contributed by atoms with E-state index >= 15 is 0 Å². The van der Waals surface area contributed by atoms with Crippen LogP contribution in [-0.4, -0.2) is 11.6 Å². The highest BCUT2D eigenvalue weighted by Crippen LogP contribution is 2.17. The van der Waals surface area contributed by atoms with E-state index in [2.05, 4.69) is 11.6 Å². The second kappa shape index (κ2) is 4.66. The molecule has 0 atom stereocenters. The van der Waals surface area contributed by atoms with E-state index in [1.165, 1.54) is 6.07 Å². The number of aromatic amines is 1. The molecular weight excluding hydrogens is 202 g/mol. The highest BCUT2D eigenvalue weighted by molar-refractivity contribution is 5.79. The zero-order valence-corrected chi connectivity index (χ0v) is 8.90. The van der Waals surface area contributed by atoms with Gasteiger partial charge in [-0.2, -0.15) is 0 Å². The van der Waals surface area contributed by atoms with E-state index < -0.39 is 0 Å². The van der Waals surface area contributed by atoms with Crippen molar-refractivity contribution in [2.24, 2.45) is 0 Å². The van der Waals surface area contributed by atoms with E-state index in [1.807, 2.05) is 24.3 Å². The smallest absolute Gasteiger partial charge is 0.248 e. The minimum atomic E-state index is -0.101. The van der Waals surface area contributed by atoms with Crippen molar-refractivity contribution in [2.75, 3.05) is 6.61 Å².